The Bertz CT molecular complexity index is 86.7. The Morgan fingerprint density at radius 1 is 1.44 bits per heavy atom. The zero-order valence-electron chi connectivity index (χ0n) is 6.48. The van der Waals surface area contributed by atoms with Gasteiger partial charge in [0.1, 0.15) is 0 Å². The zero-order chi connectivity index (χ0) is 7.11. The normalized spacial score (nSPS) is 12.6. The monoisotopic (exact) mass is 124 g/mol. The van der Waals surface area contributed by atoms with Gasteiger partial charge in [0.15, 0.2) is 0 Å². The van der Waals surface area contributed by atoms with Gasteiger partial charge in [0.2, 0.25) is 0 Å². The molecule has 0 aliphatic carbocycles. The molecule has 0 aromatic heterocycles. The van der Waals surface area contributed by atoms with E-state index in [0.717, 1.165) is 0 Å². The Hall–Kier alpha value is -0.440. The second kappa shape index (κ2) is 5.69. The van der Waals surface area contributed by atoms with E-state index >= 15 is 0 Å². The predicted molar refractivity (Wildman–Crippen MR) is 42.1 cm³/mol. The van der Waals surface area contributed by atoms with Gasteiger partial charge in [-0.15, -0.1) is 12.3 Å². The van der Waals surface area contributed by atoms with E-state index in [4.69, 9.17) is 6.42 Å². The molecule has 9 heavy (non-hydrogen) atoms. The van der Waals surface area contributed by atoms with Crippen molar-refractivity contribution in [2.45, 2.75) is 39.5 Å². The van der Waals surface area contributed by atoms with Gasteiger partial charge in [0, 0.05) is 5.92 Å². The molecule has 1 atom stereocenters. The predicted octanol–water partition coefficient (Wildman–Crippen LogP) is 2.84. The van der Waals surface area contributed by atoms with Crippen molar-refractivity contribution in [1.82, 2.24) is 0 Å². The fourth-order valence-corrected chi connectivity index (χ4v) is 0.784. The highest BCUT2D eigenvalue weighted by atomic mass is 14.0. The minimum Gasteiger partial charge on any atom is -0.120 e. The number of unbranched alkanes of at least 4 members (excludes halogenated alkanes) is 2. The van der Waals surface area contributed by atoms with E-state index in [1.165, 1.54) is 25.7 Å². The van der Waals surface area contributed by atoms with Gasteiger partial charge in [-0.25, -0.2) is 0 Å². The van der Waals surface area contributed by atoms with E-state index in [0.29, 0.717) is 5.92 Å². The van der Waals surface area contributed by atoms with Crippen molar-refractivity contribution in [2.24, 2.45) is 5.92 Å². The molecule has 0 N–H and O–H groups in total. The molecule has 0 aliphatic rings. The van der Waals surface area contributed by atoms with Crippen LogP contribution >= 0.6 is 0 Å². The van der Waals surface area contributed by atoms with E-state index in [-0.39, 0.29) is 0 Å². The Labute approximate surface area is 58.7 Å². The maximum absolute atomic E-state index is 5.20. The largest absolute Gasteiger partial charge is 0.120 e. The Morgan fingerprint density at radius 2 is 2.11 bits per heavy atom. The van der Waals surface area contributed by atoms with Crippen LogP contribution in [0.3, 0.4) is 0 Å². The van der Waals surface area contributed by atoms with Gasteiger partial charge in [-0.3, -0.25) is 0 Å². The lowest BCUT2D eigenvalue weighted by molar-refractivity contribution is 0.589. The van der Waals surface area contributed by atoms with Gasteiger partial charge >= 0.3 is 0 Å². The first kappa shape index (κ1) is 8.56. The molecule has 0 unspecified atom stereocenters. The summed E-state index contributed by atoms with van der Waals surface area (Å²) in [6, 6.07) is 0. The maximum atomic E-state index is 5.20. The SMILES string of the molecule is C#C[C@@H](C)CCCCC. The summed E-state index contributed by atoms with van der Waals surface area (Å²) >= 11 is 0. The molecule has 0 heterocycles. The number of hydrogen-bond acceptors (Lipinski definition) is 0. The third kappa shape index (κ3) is 5.43. The van der Waals surface area contributed by atoms with Crippen LogP contribution in [0.1, 0.15) is 39.5 Å². The molecule has 52 valence electrons. The van der Waals surface area contributed by atoms with Crippen LogP contribution in [-0.4, -0.2) is 0 Å². The Kier molecular flexibility index (Phi) is 5.41. The first-order valence-corrected chi connectivity index (χ1v) is 3.77. The highest BCUT2D eigenvalue weighted by Gasteiger charge is 1.93. The lowest BCUT2D eigenvalue weighted by atomic mass is 10.0. The van der Waals surface area contributed by atoms with Crippen LogP contribution in [-0.2, 0) is 0 Å². The van der Waals surface area contributed by atoms with Crippen molar-refractivity contribution < 1.29 is 0 Å². The summed E-state index contributed by atoms with van der Waals surface area (Å²) in [4.78, 5) is 0. The molecule has 0 spiro atoms. The fourth-order valence-electron chi connectivity index (χ4n) is 0.784. The van der Waals surface area contributed by atoms with Gasteiger partial charge in [0.25, 0.3) is 0 Å². The number of terminal acetylenes is 1. The molecular weight excluding hydrogens is 108 g/mol. The van der Waals surface area contributed by atoms with E-state index in [1.54, 1.807) is 0 Å². The topological polar surface area (TPSA) is 0 Å². The molecule has 0 bridgehead atoms. The van der Waals surface area contributed by atoms with Crippen molar-refractivity contribution in [1.29, 1.82) is 0 Å². The number of rotatable bonds is 4. The Morgan fingerprint density at radius 3 is 2.56 bits per heavy atom. The molecule has 0 radical (unpaired) electrons. The standard InChI is InChI=1S/C9H16/c1-4-6-7-8-9(3)5-2/h2,9H,4,6-8H2,1,3H3/t9-/m1/s1. The first-order chi connectivity index (χ1) is 4.31. The van der Waals surface area contributed by atoms with E-state index in [9.17, 15) is 0 Å². The molecule has 0 aliphatic heterocycles. The van der Waals surface area contributed by atoms with Crippen molar-refractivity contribution in [3.05, 3.63) is 0 Å². The second-order valence-electron chi connectivity index (χ2n) is 2.56. The second-order valence-corrected chi connectivity index (χ2v) is 2.56. The smallest absolute Gasteiger partial charge is 0.0171 e. The van der Waals surface area contributed by atoms with Gasteiger partial charge in [-0.05, 0) is 6.42 Å². The van der Waals surface area contributed by atoms with Gasteiger partial charge in [0.05, 0.1) is 0 Å². The van der Waals surface area contributed by atoms with Crippen LogP contribution in [0.4, 0.5) is 0 Å². The van der Waals surface area contributed by atoms with Crippen molar-refractivity contribution >= 4 is 0 Å². The lowest BCUT2D eigenvalue weighted by Gasteiger charge is -2.00. The summed E-state index contributed by atoms with van der Waals surface area (Å²) in [6.07, 6.45) is 10.3. The van der Waals surface area contributed by atoms with Crippen LogP contribution < -0.4 is 0 Å². The summed E-state index contributed by atoms with van der Waals surface area (Å²) < 4.78 is 0. The van der Waals surface area contributed by atoms with Crippen molar-refractivity contribution in [3.8, 4) is 12.3 Å². The van der Waals surface area contributed by atoms with Crippen LogP contribution in [0.15, 0.2) is 0 Å². The molecule has 0 saturated heterocycles. The van der Waals surface area contributed by atoms with Crippen LogP contribution in [0.5, 0.6) is 0 Å². The highest BCUT2D eigenvalue weighted by molar-refractivity contribution is 4.89. The van der Waals surface area contributed by atoms with Gasteiger partial charge in [-0.1, -0.05) is 33.1 Å². The highest BCUT2D eigenvalue weighted by Crippen LogP contribution is 2.06. The zero-order valence-corrected chi connectivity index (χ0v) is 6.48. The van der Waals surface area contributed by atoms with E-state index in [2.05, 4.69) is 19.8 Å². The molecule has 0 nitrogen and oxygen atoms in total. The van der Waals surface area contributed by atoms with Crippen LogP contribution in [0, 0.1) is 18.3 Å². The third-order valence-electron chi connectivity index (χ3n) is 1.53. The van der Waals surface area contributed by atoms with Gasteiger partial charge < -0.3 is 0 Å². The average molecular weight is 124 g/mol. The van der Waals surface area contributed by atoms with Crippen LogP contribution in [0.25, 0.3) is 0 Å². The first-order valence-electron chi connectivity index (χ1n) is 3.77. The quantitative estimate of drug-likeness (QED) is 0.399. The maximum Gasteiger partial charge on any atom is 0.0171 e. The molecule has 0 aromatic rings. The van der Waals surface area contributed by atoms with Gasteiger partial charge in [-0.2, -0.15) is 0 Å². The van der Waals surface area contributed by atoms with Crippen molar-refractivity contribution in [2.75, 3.05) is 0 Å². The van der Waals surface area contributed by atoms with Crippen molar-refractivity contribution in [3.63, 3.8) is 0 Å². The third-order valence-corrected chi connectivity index (χ3v) is 1.53. The number of hydrogen-bond donors (Lipinski definition) is 0. The summed E-state index contributed by atoms with van der Waals surface area (Å²) in [5.74, 6) is 3.21. The Balaban J connectivity index is 2.99. The van der Waals surface area contributed by atoms with E-state index < -0.39 is 0 Å². The molecule has 0 aromatic carbocycles. The molecule has 0 heteroatoms. The lowest BCUT2D eigenvalue weighted by Crippen LogP contribution is -1.88. The minimum atomic E-state index is 0.483. The minimum absolute atomic E-state index is 0.483. The summed E-state index contributed by atoms with van der Waals surface area (Å²) in [7, 11) is 0. The molecule has 0 fully saturated rings. The summed E-state index contributed by atoms with van der Waals surface area (Å²) in [6.45, 7) is 4.32. The molecule has 0 saturated carbocycles. The molecule has 0 rings (SSSR count). The fraction of sp³-hybridized carbons (Fsp3) is 0.778. The summed E-state index contributed by atoms with van der Waals surface area (Å²) in [5.41, 5.74) is 0. The molecular formula is C9H16. The molecule has 0 amide bonds. The summed E-state index contributed by atoms with van der Waals surface area (Å²) in [5, 5.41) is 0. The van der Waals surface area contributed by atoms with Crippen LogP contribution in [0.2, 0.25) is 0 Å². The van der Waals surface area contributed by atoms with E-state index in [1.807, 2.05) is 0 Å². The average Bonchev–Trinajstić information content (AvgIpc) is 1.89.